The Morgan fingerprint density at radius 3 is 2.72 bits per heavy atom. The van der Waals surface area contributed by atoms with E-state index in [0.29, 0.717) is 5.56 Å². The summed E-state index contributed by atoms with van der Waals surface area (Å²) in [5.41, 5.74) is 0.706. The van der Waals surface area contributed by atoms with Gasteiger partial charge < -0.3 is 0 Å². The number of nitrogens with zero attached hydrogens (tertiary/aromatic N) is 2. The fourth-order valence-electron chi connectivity index (χ4n) is 1.48. The maximum absolute atomic E-state index is 13.4. The summed E-state index contributed by atoms with van der Waals surface area (Å²) < 4.78 is 41.0. The smallest absolute Gasteiger partial charge is 0.243 e. The van der Waals surface area contributed by atoms with Crippen LogP contribution in [0, 0.1) is 5.82 Å². The third-order valence-corrected chi connectivity index (χ3v) is 3.79. The van der Waals surface area contributed by atoms with Gasteiger partial charge in [-0.05, 0) is 12.1 Å². The Balaban J connectivity index is 2.16. The lowest BCUT2D eigenvalue weighted by molar-refractivity contribution is 0.557. The fraction of sp³-hybridized carbons (Fsp3) is 0.182. The van der Waals surface area contributed by atoms with Crippen molar-refractivity contribution in [3.63, 3.8) is 0 Å². The quantitative estimate of drug-likeness (QED) is 0.902. The zero-order valence-corrected chi connectivity index (χ0v) is 10.5. The molecule has 2 rings (SSSR count). The average molecular weight is 269 g/mol. The van der Waals surface area contributed by atoms with Crippen LogP contribution in [-0.2, 0) is 23.6 Å². The summed E-state index contributed by atoms with van der Waals surface area (Å²) in [6.45, 7) is 0.0739. The molecule has 0 saturated carbocycles. The lowest BCUT2D eigenvalue weighted by atomic mass is 10.3. The lowest BCUT2D eigenvalue weighted by Crippen LogP contribution is -2.24. The van der Waals surface area contributed by atoms with E-state index in [-0.39, 0.29) is 11.4 Å². The van der Waals surface area contributed by atoms with Gasteiger partial charge in [0.2, 0.25) is 10.0 Å². The largest absolute Gasteiger partial charge is 0.275 e. The highest BCUT2D eigenvalue weighted by molar-refractivity contribution is 7.89. The molecule has 1 aromatic heterocycles. The molecule has 0 bridgehead atoms. The minimum atomic E-state index is -3.84. The second-order valence-corrected chi connectivity index (χ2v) is 5.51. The Kier molecular flexibility index (Phi) is 3.44. The minimum Gasteiger partial charge on any atom is -0.275 e. The van der Waals surface area contributed by atoms with Crippen LogP contribution in [0.2, 0.25) is 0 Å². The molecule has 96 valence electrons. The molecule has 18 heavy (non-hydrogen) atoms. The van der Waals surface area contributed by atoms with Gasteiger partial charge in [-0.15, -0.1) is 0 Å². The summed E-state index contributed by atoms with van der Waals surface area (Å²) >= 11 is 0. The van der Waals surface area contributed by atoms with Crippen LogP contribution in [0.1, 0.15) is 5.56 Å². The van der Waals surface area contributed by atoms with Crippen LogP contribution in [-0.4, -0.2) is 18.2 Å². The first-order chi connectivity index (χ1) is 8.49. The van der Waals surface area contributed by atoms with E-state index >= 15 is 0 Å². The number of hydrogen-bond acceptors (Lipinski definition) is 3. The summed E-state index contributed by atoms with van der Waals surface area (Å²) in [6.07, 6.45) is 3.23. The van der Waals surface area contributed by atoms with Gasteiger partial charge in [0.25, 0.3) is 0 Å². The first kappa shape index (κ1) is 12.7. The van der Waals surface area contributed by atoms with E-state index < -0.39 is 15.8 Å². The highest BCUT2D eigenvalue weighted by atomic mass is 32.2. The molecule has 0 fully saturated rings. The molecule has 1 heterocycles. The van der Waals surface area contributed by atoms with Crippen molar-refractivity contribution in [2.45, 2.75) is 11.4 Å². The first-order valence-electron chi connectivity index (χ1n) is 5.21. The predicted molar refractivity (Wildman–Crippen MR) is 63.6 cm³/mol. The van der Waals surface area contributed by atoms with E-state index in [2.05, 4.69) is 9.82 Å². The molecular formula is C11H12FN3O2S. The van der Waals surface area contributed by atoms with Crippen LogP contribution < -0.4 is 4.72 Å². The normalized spacial score (nSPS) is 11.7. The Labute approximate surface area is 104 Å². The van der Waals surface area contributed by atoms with Crippen molar-refractivity contribution in [3.8, 4) is 0 Å². The number of benzene rings is 1. The van der Waals surface area contributed by atoms with Crippen molar-refractivity contribution in [1.82, 2.24) is 14.5 Å². The summed E-state index contributed by atoms with van der Waals surface area (Å²) in [6, 6.07) is 5.25. The van der Waals surface area contributed by atoms with Gasteiger partial charge in [-0.25, -0.2) is 17.5 Å². The molecule has 1 aromatic carbocycles. The zero-order chi connectivity index (χ0) is 13.2. The number of sulfonamides is 1. The Hall–Kier alpha value is -1.73. The molecule has 0 aliphatic rings. The molecule has 0 atom stereocenters. The zero-order valence-electron chi connectivity index (χ0n) is 9.67. The van der Waals surface area contributed by atoms with Gasteiger partial charge in [0.05, 0.1) is 6.20 Å². The van der Waals surface area contributed by atoms with Crippen molar-refractivity contribution in [2.24, 2.45) is 7.05 Å². The van der Waals surface area contributed by atoms with Crippen molar-refractivity contribution >= 4 is 10.0 Å². The summed E-state index contributed by atoms with van der Waals surface area (Å²) in [4.78, 5) is -0.353. The monoisotopic (exact) mass is 269 g/mol. The van der Waals surface area contributed by atoms with Crippen molar-refractivity contribution in [1.29, 1.82) is 0 Å². The van der Waals surface area contributed by atoms with Gasteiger partial charge in [0, 0.05) is 25.4 Å². The Morgan fingerprint density at radius 1 is 1.39 bits per heavy atom. The SMILES string of the molecule is Cn1cc(CNS(=O)(=O)c2ccccc2F)cn1. The third kappa shape index (κ3) is 2.74. The van der Waals surface area contributed by atoms with Gasteiger partial charge in [-0.3, -0.25) is 4.68 Å². The molecule has 2 aromatic rings. The molecule has 1 N–H and O–H groups in total. The summed E-state index contributed by atoms with van der Waals surface area (Å²) in [5.74, 6) is -0.767. The van der Waals surface area contributed by atoms with E-state index in [1.54, 1.807) is 24.1 Å². The summed E-state index contributed by atoms with van der Waals surface area (Å²) in [7, 11) is -2.11. The summed E-state index contributed by atoms with van der Waals surface area (Å²) in [5, 5.41) is 3.92. The van der Waals surface area contributed by atoms with Crippen LogP contribution in [0.3, 0.4) is 0 Å². The number of hydrogen-bond donors (Lipinski definition) is 1. The highest BCUT2D eigenvalue weighted by Gasteiger charge is 2.17. The topological polar surface area (TPSA) is 64.0 Å². The number of halogens is 1. The third-order valence-electron chi connectivity index (χ3n) is 2.35. The number of aryl methyl sites for hydroxylation is 1. The van der Waals surface area contributed by atoms with Crippen LogP contribution >= 0.6 is 0 Å². The molecule has 0 unspecified atom stereocenters. The predicted octanol–water partition coefficient (Wildman–Crippen LogP) is 1.04. The van der Waals surface area contributed by atoms with E-state index in [1.165, 1.54) is 18.2 Å². The fourth-order valence-corrected chi connectivity index (χ4v) is 2.58. The molecule has 0 aliphatic heterocycles. The number of rotatable bonds is 4. The standard InChI is InChI=1S/C11H12FN3O2S/c1-15-8-9(6-13-15)7-14-18(16,17)11-5-3-2-4-10(11)12/h2-6,8,14H,7H2,1H3. The Bertz CT molecular complexity index is 652. The van der Waals surface area contributed by atoms with Crippen LogP contribution in [0.5, 0.6) is 0 Å². The van der Waals surface area contributed by atoms with Gasteiger partial charge in [-0.1, -0.05) is 12.1 Å². The van der Waals surface area contributed by atoms with Crippen LogP contribution in [0.15, 0.2) is 41.6 Å². The second-order valence-electron chi connectivity index (χ2n) is 3.78. The number of nitrogens with one attached hydrogen (secondary N) is 1. The minimum absolute atomic E-state index is 0.0739. The van der Waals surface area contributed by atoms with Gasteiger partial charge in [0.15, 0.2) is 0 Å². The van der Waals surface area contributed by atoms with E-state index in [0.717, 1.165) is 6.07 Å². The van der Waals surface area contributed by atoms with Gasteiger partial charge in [0.1, 0.15) is 10.7 Å². The van der Waals surface area contributed by atoms with Crippen molar-refractivity contribution < 1.29 is 12.8 Å². The molecule has 5 nitrogen and oxygen atoms in total. The molecule has 0 radical (unpaired) electrons. The molecular weight excluding hydrogens is 257 g/mol. The molecule has 0 aliphatic carbocycles. The van der Waals surface area contributed by atoms with E-state index in [1.807, 2.05) is 0 Å². The maximum atomic E-state index is 13.4. The average Bonchev–Trinajstić information content (AvgIpc) is 2.73. The Morgan fingerprint density at radius 2 is 2.11 bits per heavy atom. The molecule has 0 spiro atoms. The molecule has 7 heteroatoms. The van der Waals surface area contributed by atoms with Gasteiger partial charge in [-0.2, -0.15) is 5.10 Å². The second kappa shape index (κ2) is 4.87. The highest BCUT2D eigenvalue weighted by Crippen LogP contribution is 2.13. The molecule has 0 amide bonds. The van der Waals surface area contributed by atoms with E-state index in [9.17, 15) is 12.8 Å². The van der Waals surface area contributed by atoms with Crippen molar-refractivity contribution in [2.75, 3.05) is 0 Å². The first-order valence-corrected chi connectivity index (χ1v) is 6.69. The van der Waals surface area contributed by atoms with E-state index in [4.69, 9.17) is 0 Å². The van der Waals surface area contributed by atoms with Crippen LogP contribution in [0.4, 0.5) is 4.39 Å². The lowest BCUT2D eigenvalue weighted by Gasteiger charge is -2.06. The van der Waals surface area contributed by atoms with Crippen molar-refractivity contribution in [3.05, 3.63) is 48.0 Å². The maximum Gasteiger partial charge on any atom is 0.243 e. The number of aromatic nitrogens is 2. The van der Waals surface area contributed by atoms with Gasteiger partial charge >= 0.3 is 0 Å². The molecule has 0 saturated heterocycles. The van der Waals surface area contributed by atoms with Crippen LogP contribution in [0.25, 0.3) is 0 Å².